The summed E-state index contributed by atoms with van der Waals surface area (Å²) >= 11 is 3.06. The summed E-state index contributed by atoms with van der Waals surface area (Å²) in [4.78, 5) is 24.4. The van der Waals surface area contributed by atoms with Gasteiger partial charge in [0, 0.05) is 0 Å². The fourth-order valence-corrected chi connectivity index (χ4v) is 2.22. The van der Waals surface area contributed by atoms with E-state index in [-0.39, 0.29) is 23.4 Å². The maximum absolute atomic E-state index is 11.6. The predicted molar refractivity (Wildman–Crippen MR) is 65.8 cm³/mol. The number of alkyl halides is 1. The van der Waals surface area contributed by atoms with Crippen molar-refractivity contribution in [2.24, 2.45) is 0 Å². The lowest BCUT2D eigenvalue weighted by Crippen LogP contribution is -2.38. The molecular formula is C12H12BrNO3. The number of hydrogen-bond donors (Lipinski definition) is 0. The summed E-state index contributed by atoms with van der Waals surface area (Å²) < 4.78 is 5.24. The number of ether oxygens (including phenoxy) is 1. The molecule has 2 rings (SSSR count). The molecule has 1 aromatic carbocycles. The van der Waals surface area contributed by atoms with Crippen LogP contribution in [0.4, 0.5) is 4.79 Å². The quantitative estimate of drug-likeness (QED) is 0.788. The minimum absolute atomic E-state index is 0.119. The maximum atomic E-state index is 11.6. The van der Waals surface area contributed by atoms with Gasteiger partial charge < -0.3 is 4.74 Å². The monoisotopic (exact) mass is 297 g/mol. The van der Waals surface area contributed by atoms with Gasteiger partial charge >= 0.3 is 6.09 Å². The van der Waals surface area contributed by atoms with E-state index in [4.69, 9.17) is 4.74 Å². The lowest BCUT2D eigenvalue weighted by molar-refractivity contribution is -0.126. The van der Waals surface area contributed by atoms with E-state index in [1.54, 1.807) is 0 Å². The molecule has 1 heterocycles. The summed E-state index contributed by atoms with van der Waals surface area (Å²) in [5.74, 6) is -0.277. The van der Waals surface area contributed by atoms with E-state index in [1.807, 2.05) is 37.3 Å². The fraction of sp³-hybridized carbons (Fsp3) is 0.333. The molecule has 1 aliphatic rings. The molecule has 1 saturated heterocycles. The van der Waals surface area contributed by atoms with Gasteiger partial charge in [-0.2, -0.15) is 0 Å². The van der Waals surface area contributed by atoms with Crippen LogP contribution < -0.4 is 0 Å². The summed E-state index contributed by atoms with van der Waals surface area (Å²) in [5.41, 5.74) is 0.901. The Morgan fingerprint density at radius 3 is 2.65 bits per heavy atom. The molecule has 1 fully saturated rings. The molecule has 1 aliphatic heterocycles. The molecule has 17 heavy (non-hydrogen) atoms. The highest BCUT2D eigenvalue weighted by atomic mass is 79.9. The van der Waals surface area contributed by atoms with E-state index in [9.17, 15) is 9.59 Å². The smallest absolute Gasteiger partial charge is 0.417 e. The number of cyclic esters (lactones) is 1. The number of rotatable bonds is 2. The molecule has 0 spiro atoms. The van der Waals surface area contributed by atoms with Crippen LogP contribution in [-0.4, -0.2) is 28.3 Å². The second-order valence-electron chi connectivity index (χ2n) is 3.85. The average molecular weight is 298 g/mol. The van der Waals surface area contributed by atoms with Gasteiger partial charge in [0.15, 0.2) is 0 Å². The SMILES string of the molecule is C[C@H]1[C@H](c2ccccc2)OC(=O)N1C(=O)CBr. The number of nitrogens with zero attached hydrogens (tertiary/aromatic N) is 1. The highest BCUT2D eigenvalue weighted by molar-refractivity contribution is 9.09. The third kappa shape index (κ3) is 2.20. The molecule has 0 radical (unpaired) electrons. The number of benzene rings is 1. The number of amides is 2. The van der Waals surface area contributed by atoms with E-state index in [2.05, 4.69) is 15.9 Å². The Kier molecular flexibility index (Phi) is 3.47. The maximum Gasteiger partial charge on any atom is 0.417 e. The number of imide groups is 1. The molecule has 0 unspecified atom stereocenters. The predicted octanol–water partition coefficient (Wildman–Crippen LogP) is 2.49. The normalized spacial score (nSPS) is 23.6. The van der Waals surface area contributed by atoms with Crippen LogP contribution in [0.15, 0.2) is 30.3 Å². The van der Waals surface area contributed by atoms with Gasteiger partial charge in [-0.05, 0) is 12.5 Å². The summed E-state index contributed by atoms with van der Waals surface area (Å²) in [6, 6.07) is 9.14. The van der Waals surface area contributed by atoms with Gasteiger partial charge in [0.05, 0.1) is 11.4 Å². The van der Waals surface area contributed by atoms with Crippen LogP contribution in [0.2, 0.25) is 0 Å². The van der Waals surface area contributed by atoms with Gasteiger partial charge in [-0.25, -0.2) is 9.69 Å². The lowest BCUT2D eigenvalue weighted by Gasteiger charge is -2.18. The summed E-state index contributed by atoms with van der Waals surface area (Å²) in [7, 11) is 0. The van der Waals surface area contributed by atoms with Crippen molar-refractivity contribution < 1.29 is 14.3 Å². The molecule has 90 valence electrons. The Bertz CT molecular complexity index is 435. The van der Waals surface area contributed by atoms with E-state index >= 15 is 0 Å². The molecule has 4 nitrogen and oxygen atoms in total. The standard InChI is InChI=1S/C12H12BrNO3/c1-8-11(9-5-3-2-4-6-9)17-12(16)14(8)10(15)7-13/h2-6,8,11H,7H2,1H3/t8-,11+/m0/s1. The largest absolute Gasteiger partial charge is 0.439 e. The van der Waals surface area contributed by atoms with Crippen LogP contribution in [0.5, 0.6) is 0 Å². The van der Waals surface area contributed by atoms with Crippen molar-refractivity contribution in [3.63, 3.8) is 0 Å². The van der Waals surface area contributed by atoms with Crippen LogP contribution in [0, 0.1) is 0 Å². The minimum atomic E-state index is -0.573. The number of hydrogen-bond acceptors (Lipinski definition) is 3. The first-order valence-electron chi connectivity index (χ1n) is 5.28. The average Bonchev–Trinajstić information content (AvgIpc) is 2.65. The highest BCUT2D eigenvalue weighted by Crippen LogP contribution is 2.32. The summed E-state index contributed by atoms with van der Waals surface area (Å²) in [6.45, 7) is 1.81. The zero-order valence-electron chi connectivity index (χ0n) is 9.30. The van der Waals surface area contributed by atoms with Gasteiger partial charge in [-0.15, -0.1) is 0 Å². The third-order valence-electron chi connectivity index (χ3n) is 2.78. The van der Waals surface area contributed by atoms with Crippen molar-refractivity contribution in [2.45, 2.75) is 19.1 Å². The Balaban J connectivity index is 2.24. The number of halogens is 1. The highest BCUT2D eigenvalue weighted by Gasteiger charge is 2.42. The molecular weight excluding hydrogens is 286 g/mol. The Morgan fingerprint density at radius 1 is 1.41 bits per heavy atom. The molecule has 2 atom stereocenters. The van der Waals surface area contributed by atoms with E-state index in [0.717, 1.165) is 10.5 Å². The van der Waals surface area contributed by atoms with Gasteiger partial charge in [0.1, 0.15) is 6.10 Å². The van der Waals surface area contributed by atoms with Crippen LogP contribution in [0.25, 0.3) is 0 Å². The number of carbonyl (C=O) groups is 2. The first-order valence-corrected chi connectivity index (χ1v) is 6.41. The van der Waals surface area contributed by atoms with E-state index in [1.165, 1.54) is 0 Å². The first kappa shape index (κ1) is 12.1. The van der Waals surface area contributed by atoms with Gasteiger partial charge in [-0.3, -0.25) is 4.79 Å². The van der Waals surface area contributed by atoms with Crippen molar-refractivity contribution in [3.05, 3.63) is 35.9 Å². The number of carbonyl (C=O) groups excluding carboxylic acids is 2. The lowest BCUT2D eigenvalue weighted by atomic mass is 10.0. The van der Waals surface area contributed by atoms with Crippen molar-refractivity contribution in [2.75, 3.05) is 5.33 Å². The molecule has 5 heteroatoms. The first-order chi connectivity index (χ1) is 8.15. The molecule has 0 aromatic heterocycles. The zero-order chi connectivity index (χ0) is 12.4. The molecule has 0 N–H and O–H groups in total. The second kappa shape index (κ2) is 4.87. The van der Waals surface area contributed by atoms with Crippen molar-refractivity contribution >= 4 is 27.9 Å². The van der Waals surface area contributed by atoms with Gasteiger partial charge in [0.2, 0.25) is 5.91 Å². The molecule has 0 bridgehead atoms. The second-order valence-corrected chi connectivity index (χ2v) is 4.41. The molecule has 1 aromatic rings. The molecule has 2 amide bonds. The van der Waals surface area contributed by atoms with E-state index in [0.29, 0.717) is 0 Å². The molecule has 0 aliphatic carbocycles. The van der Waals surface area contributed by atoms with Crippen molar-refractivity contribution in [3.8, 4) is 0 Å². The zero-order valence-corrected chi connectivity index (χ0v) is 10.9. The molecule has 0 saturated carbocycles. The topological polar surface area (TPSA) is 46.6 Å². The summed E-state index contributed by atoms with van der Waals surface area (Å²) in [6.07, 6.45) is -0.956. The van der Waals surface area contributed by atoms with Gasteiger partial charge in [-0.1, -0.05) is 46.3 Å². The van der Waals surface area contributed by atoms with Crippen LogP contribution in [0.1, 0.15) is 18.6 Å². The van der Waals surface area contributed by atoms with Crippen LogP contribution in [-0.2, 0) is 9.53 Å². The Morgan fingerprint density at radius 2 is 2.06 bits per heavy atom. The Labute approximate surface area is 108 Å². The fourth-order valence-electron chi connectivity index (χ4n) is 1.95. The van der Waals surface area contributed by atoms with Crippen LogP contribution >= 0.6 is 15.9 Å². The van der Waals surface area contributed by atoms with Crippen molar-refractivity contribution in [1.82, 2.24) is 4.90 Å². The minimum Gasteiger partial charge on any atom is -0.439 e. The van der Waals surface area contributed by atoms with Crippen LogP contribution in [0.3, 0.4) is 0 Å². The summed E-state index contributed by atoms with van der Waals surface area (Å²) in [5, 5.41) is 0.119. The third-order valence-corrected chi connectivity index (χ3v) is 3.26. The van der Waals surface area contributed by atoms with Crippen molar-refractivity contribution in [1.29, 1.82) is 0 Å². The van der Waals surface area contributed by atoms with E-state index < -0.39 is 6.09 Å². The van der Waals surface area contributed by atoms with Gasteiger partial charge in [0.25, 0.3) is 0 Å². The Hall–Kier alpha value is -1.36.